The van der Waals surface area contributed by atoms with Gasteiger partial charge in [-0.05, 0) is 42.5 Å². The molecule has 1 amide bonds. The molecule has 0 radical (unpaired) electrons. The first-order valence-electron chi connectivity index (χ1n) is 8.39. The maximum absolute atomic E-state index is 12.7. The number of benzene rings is 1. The number of carbonyl (C=O) groups excluding carboxylic acids is 1. The van der Waals surface area contributed by atoms with Gasteiger partial charge in [0.15, 0.2) is 11.5 Å². The maximum Gasteiger partial charge on any atom is 0.337 e. The smallest absolute Gasteiger partial charge is 0.337 e. The third-order valence-corrected chi connectivity index (χ3v) is 6.34. The van der Waals surface area contributed by atoms with Gasteiger partial charge in [0.1, 0.15) is 0 Å². The summed E-state index contributed by atoms with van der Waals surface area (Å²) in [6.45, 7) is 0.460. The monoisotopic (exact) mass is 377 g/mol. The van der Waals surface area contributed by atoms with Crippen molar-refractivity contribution in [1.29, 1.82) is 0 Å². The summed E-state index contributed by atoms with van der Waals surface area (Å²) in [6, 6.07) is 3.65. The van der Waals surface area contributed by atoms with Gasteiger partial charge in [0.25, 0.3) is 0 Å². The summed E-state index contributed by atoms with van der Waals surface area (Å²) in [6.07, 6.45) is 3.64. The molecule has 0 saturated carbocycles. The third kappa shape index (κ3) is 2.56. The molecule has 0 aromatic heterocycles. The zero-order valence-electron chi connectivity index (χ0n) is 14.6. The number of likely N-dealkylation sites (tertiary alicyclic amines) is 1. The molecule has 0 spiro atoms. The fourth-order valence-electron chi connectivity index (χ4n) is 3.64. The number of nitrogens with zero attached hydrogens (tertiary/aromatic N) is 1. The molecule has 1 saturated heterocycles. The van der Waals surface area contributed by atoms with E-state index >= 15 is 0 Å². The molecule has 3 aliphatic rings. The van der Waals surface area contributed by atoms with Crippen molar-refractivity contribution in [3.05, 3.63) is 40.1 Å². The Hall–Kier alpha value is -2.48. The zero-order valence-corrected chi connectivity index (χ0v) is 15.4. The van der Waals surface area contributed by atoms with Crippen LogP contribution in [0.4, 0.5) is 0 Å². The van der Waals surface area contributed by atoms with Gasteiger partial charge in [-0.1, -0.05) is 0 Å². The largest absolute Gasteiger partial charge is 0.493 e. The molecule has 1 fully saturated rings. The van der Waals surface area contributed by atoms with Gasteiger partial charge in [-0.3, -0.25) is 9.69 Å². The molecule has 0 atom stereocenters. The first kappa shape index (κ1) is 17.0. The van der Waals surface area contributed by atoms with Crippen LogP contribution in [0.1, 0.15) is 30.4 Å². The lowest BCUT2D eigenvalue weighted by Crippen LogP contribution is -2.30. The summed E-state index contributed by atoms with van der Waals surface area (Å²) in [5.41, 5.74) is 2.30. The van der Waals surface area contributed by atoms with Gasteiger partial charge in [0, 0.05) is 24.6 Å². The minimum atomic E-state index is -3.93. The Balaban J connectivity index is 1.89. The fraction of sp³-hybridized carbons (Fsp3) is 0.389. The van der Waals surface area contributed by atoms with E-state index in [1.54, 1.807) is 19.3 Å². The van der Waals surface area contributed by atoms with Gasteiger partial charge >= 0.3 is 10.1 Å². The number of methoxy groups -OCH3 is 2. The van der Waals surface area contributed by atoms with Gasteiger partial charge in [-0.15, -0.1) is 0 Å². The first-order chi connectivity index (χ1) is 12.4. The molecule has 1 aromatic rings. The molecule has 8 heteroatoms. The maximum atomic E-state index is 12.7. The second-order valence-electron chi connectivity index (χ2n) is 6.37. The standard InChI is InChI=1S/C18H19NO6S/c1-23-14-8-11-5-6-16-13(12(11)9-15(14)24-2)10-18(25-26(16,21)22)19-7-3-4-17(19)20/h8-10H,3-7H2,1-2H3. The van der Waals surface area contributed by atoms with Crippen LogP contribution in [0.5, 0.6) is 11.5 Å². The lowest BCUT2D eigenvalue weighted by atomic mass is 9.89. The molecular weight excluding hydrogens is 358 g/mol. The highest BCUT2D eigenvalue weighted by atomic mass is 32.2. The van der Waals surface area contributed by atoms with Crippen LogP contribution in [-0.2, 0) is 25.5 Å². The topological polar surface area (TPSA) is 82.1 Å². The number of rotatable bonds is 3. The van der Waals surface area contributed by atoms with E-state index < -0.39 is 10.1 Å². The predicted molar refractivity (Wildman–Crippen MR) is 93.8 cm³/mol. The van der Waals surface area contributed by atoms with Crippen molar-refractivity contribution >= 4 is 21.6 Å². The zero-order chi connectivity index (χ0) is 18.5. The van der Waals surface area contributed by atoms with Crippen LogP contribution >= 0.6 is 0 Å². The first-order valence-corrected chi connectivity index (χ1v) is 9.80. The van der Waals surface area contributed by atoms with Crippen molar-refractivity contribution in [2.45, 2.75) is 25.7 Å². The molecule has 2 heterocycles. The highest BCUT2D eigenvalue weighted by Crippen LogP contribution is 2.44. The molecule has 26 heavy (non-hydrogen) atoms. The molecule has 0 unspecified atom stereocenters. The highest BCUT2D eigenvalue weighted by Gasteiger charge is 2.37. The summed E-state index contributed by atoms with van der Waals surface area (Å²) in [7, 11) is -0.828. The summed E-state index contributed by atoms with van der Waals surface area (Å²) >= 11 is 0. The molecule has 7 nitrogen and oxygen atoms in total. The molecule has 1 aromatic carbocycles. The van der Waals surface area contributed by atoms with Crippen LogP contribution in [0.3, 0.4) is 0 Å². The number of ether oxygens (including phenoxy) is 2. The lowest BCUT2D eigenvalue weighted by molar-refractivity contribution is -0.127. The second kappa shape index (κ2) is 6.05. The van der Waals surface area contributed by atoms with E-state index in [4.69, 9.17) is 13.7 Å². The SMILES string of the molecule is COc1cc2c(cc1OC)C1=C(CC2)S(=O)(=O)OC(N2CCCC2=O)=C1. The van der Waals surface area contributed by atoms with Crippen molar-refractivity contribution in [1.82, 2.24) is 4.90 Å². The molecule has 138 valence electrons. The molecule has 0 N–H and O–H groups in total. The Morgan fingerprint density at radius 3 is 2.46 bits per heavy atom. The molecule has 0 bridgehead atoms. The van der Waals surface area contributed by atoms with Crippen molar-refractivity contribution in [2.75, 3.05) is 20.8 Å². The molecule has 2 aliphatic heterocycles. The van der Waals surface area contributed by atoms with E-state index in [2.05, 4.69) is 0 Å². The number of aryl methyl sites for hydroxylation is 1. The van der Waals surface area contributed by atoms with Crippen LogP contribution in [0.15, 0.2) is 29.0 Å². The van der Waals surface area contributed by atoms with Crippen LogP contribution < -0.4 is 9.47 Å². The average Bonchev–Trinajstić information content (AvgIpc) is 3.05. The second-order valence-corrected chi connectivity index (χ2v) is 7.94. The van der Waals surface area contributed by atoms with Gasteiger partial charge < -0.3 is 13.7 Å². The summed E-state index contributed by atoms with van der Waals surface area (Å²) in [5, 5.41) is 0. The Kier molecular flexibility index (Phi) is 3.95. The third-order valence-electron chi connectivity index (χ3n) is 4.93. The van der Waals surface area contributed by atoms with Gasteiger partial charge in [0.05, 0.1) is 19.1 Å². The number of fused-ring (bicyclic) bond motifs is 2. The number of allylic oxidation sites excluding steroid dienone is 3. The minimum absolute atomic E-state index is 0.0777. The van der Waals surface area contributed by atoms with Gasteiger partial charge in [0.2, 0.25) is 11.8 Å². The van der Waals surface area contributed by atoms with Crippen molar-refractivity contribution < 1.29 is 26.9 Å². The van der Waals surface area contributed by atoms with Gasteiger partial charge in [-0.2, -0.15) is 8.42 Å². The molecule has 4 rings (SSSR count). The van der Waals surface area contributed by atoms with Gasteiger partial charge in [-0.25, -0.2) is 0 Å². The number of amides is 1. The van der Waals surface area contributed by atoms with Crippen LogP contribution in [-0.4, -0.2) is 40.0 Å². The van der Waals surface area contributed by atoms with E-state index in [9.17, 15) is 13.2 Å². The van der Waals surface area contributed by atoms with Crippen LogP contribution in [0.2, 0.25) is 0 Å². The molecular formula is C18H19NO6S. The van der Waals surface area contributed by atoms with E-state index in [1.807, 2.05) is 6.07 Å². The summed E-state index contributed by atoms with van der Waals surface area (Å²) in [4.78, 5) is 13.7. The van der Waals surface area contributed by atoms with Crippen molar-refractivity contribution in [3.8, 4) is 11.5 Å². The van der Waals surface area contributed by atoms with E-state index in [1.165, 1.54) is 12.0 Å². The Bertz CT molecular complexity index is 960. The quantitative estimate of drug-likeness (QED) is 0.751. The number of hydrogen-bond donors (Lipinski definition) is 0. The Labute approximate surface area is 152 Å². The summed E-state index contributed by atoms with van der Waals surface area (Å²) < 4.78 is 41.3. The lowest BCUT2D eigenvalue weighted by Gasteiger charge is -2.29. The fourth-order valence-corrected chi connectivity index (χ4v) is 4.90. The summed E-state index contributed by atoms with van der Waals surface area (Å²) in [5.74, 6) is 1.08. The molecule has 1 aliphatic carbocycles. The van der Waals surface area contributed by atoms with E-state index in [0.29, 0.717) is 49.3 Å². The average molecular weight is 377 g/mol. The number of carbonyl (C=O) groups is 1. The number of hydrogen-bond acceptors (Lipinski definition) is 6. The predicted octanol–water partition coefficient (Wildman–Crippen LogP) is 2.18. The Morgan fingerprint density at radius 2 is 1.81 bits per heavy atom. The van der Waals surface area contributed by atoms with Crippen molar-refractivity contribution in [3.63, 3.8) is 0 Å². The van der Waals surface area contributed by atoms with Crippen LogP contribution in [0.25, 0.3) is 5.57 Å². The minimum Gasteiger partial charge on any atom is -0.493 e. The normalized spacial score (nSPS) is 20.9. The van der Waals surface area contributed by atoms with E-state index in [-0.39, 0.29) is 16.7 Å². The van der Waals surface area contributed by atoms with E-state index in [0.717, 1.165) is 11.1 Å². The van der Waals surface area contributed by atoms with Crippen LogP contribution in [0, 0.1) is 0 Å². The highest BCUT2D eigenvalue weighted by molar-refractivity contribution is 7.91. The Morgan fingerprint density at radius 1 is 1.08 bits per heavy atom. The van der Waals surface area contributed by atoms with Crippen molar-refractivity contribution in [2.24, 2.45) is 0 Å².